The molecule has 0 bridgehead atoms. The summed E-state index contributed by atoms with van der Waals surface area (Å²) >= 11 is 0. The van der Waals surface area contributed by atoms with Crippen molar-refractivity contribution in [1.29, 1.82) is 0 Å². The van der Waals surface area contributed by atoms with Crippen molar-refractivity contribution >= 4 is 47.7 Å². The van der Waals surface area contributed by atoms with Gasteiger partial charge in [-0.2, -0.15) is 0 Å². The second-order valence-corrected chi connectivity index (χ2v) is 14.9. The van der Waals surface area contributed by atoms with E-state index in [1.165, 1.54) is 63.9 Å². The van der Waals surface area contributed by atoms with Crippen LogP contribution in [0.3, 0.4) is 0 Å². The van der Waals surface area contributed by atoms with E-state index in [1.807, 2.05) is 0 Å². The Morgan fingerprint density at radius 3 is 0.500 bits per heavy atom. The van der Waals surface area contributed by atoms with Gasteiger partial charge in [0, 0.05) is 16.8 Å². The van der Waals surface area contributed by atoms with E-state index in [0.29, 0.717) is 0 Å². The molecule has 0 heterocycles. The molecule has 0 nitrogen and oxygen atoms in total. The molecule has 44 heavy (non-hydrogen) atoms. The molecule has 0 spiro atoms. The summed E-state index contributed by atoms with van der Waals surface area (Å²) in [7, 11) is -0.892. The number of hydrogen-bond acceptors (Lipinski definition) is 0. The normalized spacial score (nSPS) is 11.9. The Labute approximate surface area is 277 Å². The van der Waals surface area contributed by atoms with Gasteiger partial charge in [0.15, 0.2) is 0 Å². The zero-order chi connectivity index (χ0) is 29.4. The molecule has 0 unspecified atom stereocenters. The van der Waals surface area contributed by atoms with Gasteiger partial charge in [-0.15, -0.1) is 0 Å². The summed E-state index contributed by atoms with van der Waals surface area (Å²) < 4.78 is 0. The standard InChI is InChI=1S/2C18H15P.C5H10.Co/c2*1-4-10-16(11-5-1)19(17-12-6-2-7-13-17)18-14-8-3-9-15-18;1-2-4-5-3-1;/h2*1-15H;1-5H2;. The first-order valence-electron chi connectivity index (χ1n) is 15.3. The summed E-state index contributed by atoms with van der Waals surface area (Å²) in [6, 6.07) is 64.7. The first kappa shape index (κ1) is 33.6. The average molecular weight is 654 g/mol. The molecular weight excluding hydrogens is 613 g/mol. The molecule has 1 saturated carbocycles. The molecule has 0 N–H and O–H groups in total. The van der Waals surface area contributed by atoms with Gasteiger partial charge in [-0.1, -0.05) is 214 Å². The third kappa shape index (κ3) is 10.1. The molecule has 6 aromatic carbocycles. The van der Waals surface area contributed by atoms with Crippen molar-refractivity contribution < 1.29 is 16.8 Å². The Hall–Kier alpha value is -3.31. The number of benzene rings is 6. The maximum absolute atomic E-state index is 2.23. The van der Waals surface area contributed by atoms with Crippen molar-refractivity contribution in [2.24, 2.45) is 0 Å². The van der Waals surface area contributed by atoms with Crippen LogP contribution in [0.15, 0.2) is 182 Å². The first-order chi connectivity index (χ1) is 21.4. The van der Waals surface area contributed by atoms with Crippen LogP contribution in [0.4, 0.5) is 0 Å². The van der Waals surface area contributed by atoms with Crippen molar-refractivity contribution in [1.82, 2.24) is 0 Å². The monoisotopic (exact) mass is 653 g/mol. The maximum atomic E-state index is 2.23. The summed E-state index contributed by atoms with van der Waals surface area (Å²) in [5, 5.41) is 8.39. The predicted octanol–water partition coefficient (Wildman–Crippen LogP) is 8.84. The van der Waals surface area contributed by atoms with E-state index >= 15 is 0 Å². The van der Waals surface area contributed by atoms with E-state index in [9.17, 15) is 0 Å². The van der Waals surface area contributed by atoms with Crippen molar-refractivity contribution in [3.63, 3.8) is 0 Å². The zero-order valence-corrected chi connectivity index (χ0v) is 27.9. The van der Waals surface area contributed by atoms with Crippen molar-refractivity contribution in [3.05, 3.63) is 182 Å². The minimum Gasteiger partial charge on any atom is -0.0622 e. The Balaban J connectivity index is 0.000000170. The second-order valence-electron chi connectivity index (χ2n) is 10.5. The molecule has 3 heteroatoms. The number of rotatable bonds is 6. The molecule has 0 amide bonds. The second kappa shape index (κ2) is 19.2. The molecule has 0 atom stereocenters. The molecule has 7 rings (SSSR count). The molecule has 0 aliphatic heterocycles. The van der Waals surface area contributed by atoms with Gasteiger partial charge in [-0.3, -0.25) is 0 Å². The van der Waals surface area contributed by atoms with Gasteiger partial charge in [-0.25, -0.2) is 0 Å². The van der Waals surface area contributed by atoms with Crippen LogP contribution in [0, 0.1) is 0 Å². The molecule has 1 radical (unpaired) electrons. The van der Waals surface area contributed by atoms with Gasteiger partial charge >= 0.3 is 0 Å². The molecule has 6 aromatic rings. The largest absolute Gasteiger partial charge is 0.0622 e. The van der Waals surface area contributed by atoms with Crippen molar-refractivity contribution in [2.75, 3.05) is 0 Å². The van der Waals surface area contributed by atoms with Crippen LogP contribution >= 0.6 is 15.8 Å². The average Bonchev–Trinajstić information content (AvgIpc) is 3.69. The summed E-state index contributed by atoms with van der Waals surface area (Å²) in [4.78, 5) is 0. The zero-order valence-electron chi connectivity index (χ0n) is 25.1. The predicted molar refractivity (Wildman–Crippen MR) is 193 cm³/mol. The van der Waals surface area contributed by atoms with E-state index in [4.69, 9.17) is 0 Å². The van der Waals surface area contributed by atoms with Gasteiger partial charge in [0.1, 0.15) is 0 Å². The van der Waals surface area contributed by atoms with Crippen LogP contribution in [0.5, 0.6) is 0 Å². The summed E-state index contributed by atoms with van der Waals surface area (Å²) in [5.41, 5.74) is 0. The fraction of sp³-hybridized carbons (Fsp3) is 0.122. The van der Waals surface area contributed by atoms with E-state index in [-0.39, 0.29) is 16.8 Å². The molecule has 1 aliphatic rings. The van der Waals surface area contributed by atoms with E-state index < -0.39 is 15.8 Å². The Bertz CT molecular complexity index is 1250. The number of hydrogen-bond donors (Lipinski definition) is 0. The molecule has 1 aliphatic carbocycles. The van der Waals surface area contributed by atoms with E-state index in [0.717, 1.165) is 0 Å². The third-order valence-corrected chi connectivity index (χ3v) is 12.2. The smallest absolute Gasteiger partial charge is 0 e. The summed E-state index contributed by atoms with van der Waals surface area (Å²) in [6.45, 7) is 0. The van der Waals surface area contributed by atoms with Gasteiger partial charge in [0.25, 0.3) is 0 Å². The van der Waals surface area contributed by atoms with Crippen LogP contribution in [0.2, 0.25) is 0 Å². The van der Waals surface area contributed by atoms with Crippen molar-refractivity contribution in [2.45, 2.75) is 32.1 Å². The van der Waals surface area contributed by atoms with Gasteiger partial charge in [0.05, 0.1) is 0 Å². The molecular formula is C41H40CoP2. The first-order valence-corrected chi connectivity index (χ1v) is 18.0. The van der Waals surface area contributed by atoms with Crippen LogP contribution in [-0.4, -0.2) is 0 Å². The molecule has 0 saturated heterocycles. The SMILES string of the molecule is C1CCCC1.[Co].c1ccc(P(c2ccccc2)c2ccccc2)cc1.c1ccc(P(c2ccccc2)c2ccccc2)cc1. The summed E-state index contributed by atoms with van der Waals surface area (Å²) in [5.74, 6) is 0. The maximum Gasteiger partial charge on any atom is 0 e. The minimum atomic E-state index is -0.446. The van der Waals surface area contributed by atoms with Crippen LogP contribution < -0.4 is 31.8 Å². The van der Waals surface area contributed by atoms with Gasteiger partial charge in [-0.05, 0) is 47.7 Å². The van der Waals surface area contributed by atoms with E-state index in [1.54, 1.807) is 0 Å². The van der Waals surface area contributed by atoms with E-state index in [2.05, 4.69) is 182 Å². The fourth-order valence-corrected chi connectivity index (χ4v) is 9.85. The van der Waals surface area contributed by atoms with Gasteiger partial charge < -0.3 is 0 Å². The topological polar surface area (TPSA) is 0 Å². The quantitative estimate of drug-likeness (QED) is 0.158. The minimum absolute atomic E-state index is 0. The van der Waals surface area contributed by atoms with Crippen LogP contribution in [-0.2, 0) is 16.8 Å². The Morgan fingerprint density at radius 2 is 0.364 bits per heavy atom. The Morgan fingerprint density at radius 1 is 0.227 bits per heavy atom. The molecule has 0 aromatic heterocycles. The van der Waals surface area contributed by atoms with Crippen LogP contribution in [0.1, 0.15) is 32.1 Å². The molecule has 1 fully saturated rings. The third-order valence-electron chi connectivity index (χ3n) is 7.34. The van der Waals surface area contributed by atoms with Crippen molar-refractivity contribution in [3.8, 4) is 0 Å². The fourth-order valence-electron chi connectivity index (χ4n) is 5.24. The van der Waals surface area contributed by atoms with Gasteiger partial charge in [0.2, 0.25) is 0 Å². The summed E-state index contributed by atoms with van der Waals surface area (Å²) in [6.07, 6.45) is 7.50. The Kier molecular flexibility index (Phi) is 14.6. The molecule has 223 valence electrons. The van der Waals surface area contributed by atoms with Crippen LogP contribution in [0.25, 0.3) is 0 Å².